The Labute approximate surface area is 144 Å². The molecule has 2 heterocycles. The minimum Gasteiger partial charge on any atom is -0.478 e. The zero-order valence-corrected chi connectivity index (χ0v) is 14.2. The SMILES string of the molecule is O=C(O)c1cn2ccnc2c(Cl)c1Cc1ccc(Br)cc1Cl. The molecule has 0 spiro atoms. The highest BCUT2D eigenvalue weighted by Crippen LogP contribution is 2.30. The number of halogens is 3. The first-order valence-electron chi connectivity index (χ1n) is 6.28. The number of hydrogen-bond acceptors (Lipinski definition) is 2. The molecule has 0 aliphatic carbocycles. The third-order valence-electron chi connectivity index (χ3n) is 3.34. The minimum absolute atomic E-state index is 0.134. The molecule has 0 atom stereocenters. The number of aromatic carboxylic acids is 1. The third kappa shape index (κ3) is 2.72. The van der Waals surface area contributed by atoms with Crippen LogP contribution in [0.4, 0.5) is 0 Å². The van der Waals surface area contributed by atoms with Gasteiger partial charge >= 0.3 is 5.97 Å². The van der Waals surface area contributed by atoms with Crippen molar-refractivity contribution in [3.05, 3.63) is 68.0 Å². The summed E-state index contributed by atoms with van der Waals surface area (Å²) in [6, 6.07) is 5.45. The average Bonchev–Trinajstić information content (AvgIpc) is 2.92. The van der Waals surface area contributed by atoms with Crippen LogP contribution < -0.4 is 0 Å². The number of carbonyl (C=O) groups is 1. The molecule has 3 aromatic rings. The van der Waals surface area contributed by atoms with Crippen molar-refractivity contribution in [3.8, 4) is 0 Å². The van der Waals surface area contributed by atoms with E-state index in [4.69, 9.17) is 23.2 Å². The largest absolute Gasteiger partial charge is 0.478 e. The number of aromatic nitrogens is 2. The second kappa shape index (κ2) is 5.91. The summed E-state index contributed by atoms with van der Waals surface area (Å²) in [6.45, 7) is 0. The zero-order chi connectivity index (χ0) is 15.9. The third-order valence-corrected chi connectivity index (χ3v) is 4.58. The number of rotatable bonds is 3. The van der Waals surface area contributed by atoms with Crippen LogP contribution in [0.3, 0.4) is 0 Å². The van der Waals surface area contributed by atoms with E-state index in [1.807, 2.05) is 12.1 Å². The predicted octanol–water partition coefficient (Wildman–Crippen LogP) is 4.69. The number of nitrogens with zero attached hydrogens (tertiary/aromatic N) is 2. The van der Waals surface area contributed by atoms with Crippen LogP contribution in [0, 0.1) is 0 Å². The standard InChI is InChI=1S/C15H9BrCl2N2O2/c16-9-2-1-8(12(17)6-9)5-10-11(15(21)22)7-20-4-3-19-14(20)13(10)18/h1-4,6-7H,5H2,(H,21,22). The molecule has 112 valence electrons. The lowest BCUT2D eigenvalue weighted by Gasteiger charge is -2.11. The summed E-state index contributed by atoms with van der Waals surface area (Å²) < 4.78 is 2.45. The summed E-state index contributed by atoms with van der Waals surface area (Å²) in [4.78, 5) is 15.7. The number of hydrogen-bond donors (Lipinski definition) is 1. The van der Waals surface area contributed by atoms with Crippen LogP contribution in [-0.4, -0.2) is 20.5 Å². The second-order valence-electron chi connectivity index (χ2n) is 4.71. The van der Waals surface area contributed by atoms with Crippen molar-refractivity contribution in [2.45, 2.75) is 6.42 Å². The number of pyridine rings is 1. The smallest absolute Gasteiger partial charge is 0.337 e. The van der Waals surface area contributed by atoms with E-state index in [9.17, 15) is 9.90 Å². The molecule has 0 radical (unpaired) electrons. The van der Waals surface area contributed by atoms with Gasteiger partial charge in [-0.2, -0.15) is 0 Å². The quantitative estimate of drug-likeness (QED) is 0.694. The molecule has 22 heavy (non-hydrogen) atoms. The van der Waals surface area contributed by atoms with Gasteiger partial charge in [-0.25, -0.2) is 9.78 Å². The highest BCUT2D eigenvalue weighted by Gasteiger charge is 2.19. The van der Waals surface area contributed by atoms with Crippen molar-refractivity contribution in [2.75, 3.05) is 0 Å². The molecule has 1 aromatic carbocycles. The number of imidazole rings is 1. The molecular weight excluding hydrogens is 391 g/mol. The Morgan fingerprint density at radius 1 is 1.36 bits per heavy atom. The molecule has 0 saturated carbocycles. The summed E-state index contributed by atoms with van der Waals surface area (Å²) in [5, 5.41) is 10.3. The lowest BCUT2D eigenvalue weighted by molar-refractivity contribution is 0.0695. The number of fused-ring (bicyclic) bond motifs is 1. The van der Waals surface area contributed by atoms with Gasteiger partial charge in [-0.3, -0.25) is 0 Å². The Morgan fingerprint density at radius 3 is 2.82 bits per heavy atom. The molecular formula is C15H9BrCl2N2O2. The van der Waals surface area contributed by atoms with Crippen LogP contribution in [0.5, 0.6) is 0 Å². The van der Waals surface area contributed by atoms with Gasteiger partial charge in [0.15, 0.2) is 5.65 Å². The van der Waals surface area contributed by atoms with E-state index in [1.54, 1.807) is 22.9 Å². The van der Waals surface area contributed by atoms with E-state index in [0.29, 0.717) is 27.7 Å². The van der Waals surface area contributed by atoms with E-state index in [1.165, 1.54) is 6.20 Å². The molecule has 0 fully saturated rings. The maximum Gasteiger partial charge on any atom is 0.337 e. The van der Waals surface area contributed by atoms with Gasteiger partial charge in [-0.1, -0.05) is 45.2 Å². The van der Waals surface area contributed by atoms with Crippen molar-refractivity contribution in [2.24, 2.45) is 0 Å². The monoisotopic (exact) mass is 398 g/mol. The van der Waals surface area contributed by atoms with Crippen LogP contribution in [0.15, 0.2) is 41.3 Å². The normalized spacial score (nSPS) is 11.0. The van der Waals surface area contributed by atoms with E-state index in [2.05, 4.69) is 20.9 Å². The molecule has 1 N–H and O–H groups in total. The first-order chi connectivity index (χ1) is 10.5. The summed E-state index contributed by atoms with van der Waals surface area (Å²) >= 11 is 15.9. The van der Waals surface area contributed by atoms with E-state index < -0.39 is 5.97 Å². The Kier molecular flexibility index (Phi) is 4.12. The van der Waals surface area contributed by atoms with Crippen molar-refractivity contribution in [3.63, 3.8) is 0 Å². The number of carboxylic acid groups (broad SMARTS) is 1. The summed E-state index contributed by atoms with van der Waals surface area (Å²) in [7, 11) is 0. The molecule has 0 bridgehead atoms. The van der Waals surface area contributed by atoms with Gasteiger partial charge in [0.1, 0.15) is 0 Å². The highest BCUT2D eigenvalue weighted by atomic mass is 79.9. The molecule has 0 amide bonds. The molecule has 0 aliphatic heterocycles. The first-order valence-corrected chi connectivity index (χ1v) is 7.83. The average molecular weight is 400 g/mol. The van der Waals surface area contributed by atoms with Crippen molar-refractivity contribution >= 4 is 50.7 Å². The lowest BCUT2D eigenvalue weighted by Crippen LogP contribution is -2.07. The van der Waals surface area contributed by atoms with Gasteiger partial charge in [0.25, 0.3) is 0 Å². The second-order valence-corrected chi connectivity index (χ2v) is 6.41. The van der Waals surface area contributed by atoms with Crippen molar-refractivity contribution in [1.82, 2.24) is 9.38 Å². The van der Waals surface area contributed by atoms with Gasteiger partial charge in [-0.05, 0) is 23.3 Å². The summed E-state index contributed by atoms with van der Waals surface area (Å²) in [5.41, 5.74) is 1.95. The summed E-state index contributed by atoms with van der Waals surface area (Å²) in [5.74, 6) is -1.04. The van der Waals surface area contributed by atoms with Crippen molar-refractivity contribution in [1.29, 1.82) is 0 Å². The van der Waals surface area contributed by atoms with Gasteiger partial charge in [0.2, 0.25) is 0 Å². The van der Waals surface area contributed by atoms with Crippen LogP contribution in [0.2, 0.25) is 10.0 Å². The molecule has 2 aromatic heterocycles. The van der Waals surface area contributed by atoms with Crippen LogP contribution in [-0.2, 0) is 6.42 Å². The highest BCUT2D eigenvalue weighted by molar-refractivity contribution is 9.10. The summed E-state index contributed by atoms with van der Waals surface area (Å²) in [6.07, 6.45) is 5.06. The maximum atomic E-state index is 11.5. The van der Waals surface area contributed by atoms with E-state index in [-0.39, 0.29) is 5.56 Å². The van der Waals surface area contributed by atoms with Gasteiger partial charge in [0, 0.05) is 34.5 Å². The topological polar surface area (TPSA) is 54.6 Å². The van der Waals surface area contributed by atoms with Crippen LogP contribution in [0.25, 0.3) is 5.65 Å². The fourth-order valence-corrected chi connectivity index (χ4v) is 3.33. The molecule has 0 saturated heterocycles. The Hall–Kier alpha value is -1.56. The molecule has 3 rings (SSSR count). The Balaban J connectivity index is 2.18. The number of benzene rings is 1. The van der Waals surface area contributed by atoms with Crippen LogP contribution >= 0.6 is 39.1 Å². The van der Waals surface area contributed by atoms with Crippen LogP contribution in [0.1, 0.15) is 21.5 Å². The minimum atomic E-state index is -1.04. The first kappa shape index (κ1) is 15.3. The van der Waals surface area contributed by atoms with Crippen molar-refractivity contribution < 1.29 is 9.90 Å². The van der Waals surface area contributed by atoms with Gasteiger partial charge < -0.3 is 9.51 Å². The number of carboxylic acids is 1. The van der Waals surface area contributed by atoms with Gasteiger partial charge in [0.05, 0.1) is 10.6 Å². The zero-order valence-electron chi connectivity index (χ0n) is 11.1. The fraction of sp³-hybridized carbons (Fsp3) is 0.0667. The molecule has 4 nitrogen and oxygen atoms in total. The fourth-order valence-electron chi connectivity index (χ4n) is 2.27. The molecule has 0 unspecified atom stereocenters. The maximum absolute atomic E-state index is 11.5. The van der Waals surface area contributed by atoms with E-state index >= 15 is 0 Å². The van der Waals surface area contributed by atoms with E-state index in [0.717, 1.165) is 10.0 Å². The molecule has 7 heteroatoms. The Bertz CT molecular complexity index is 893. The lowest BCUT2D eigenvalue weighted by atomic mass is 10.0. The Morgan fingerprint density at radius 2 is 2.14 bits per heavy atom. The predicted molar refractivity (Wildman–Crippen MR) is 89.1 cm³/mol. The molecule has 0 aliphatic rings. The van der Waals surface area contributed by atoms with Gasteiger partial charge in [-0.15, -0.1) is 0 Å².